The molecule has 2 aliphatic heterocycles. The van der Waals surface area contributed by atoms with Gasteiger partial charge in [-0.15, -0.1) is 0 Å². The Morgan fingerprint density at radius 1 is 1.20 bits per heavy atom. The number of carbonyl (C=O) groups excluding carboxylic acids is 1. The van der Waals surface area contributed by atoms with E-state index in [9.17, 15) is 35.0 Å². The summed E-state index contributed by atoms with van der Waals surface area (Å²) in [7, 11) is -1.60. The maximum Gasteiger partial charge on any atom is 0.591 e. The molecule has 218 valence electrons. The van der Waals surface area contributed by atoms with Crippen molar-refractivity contribution in [3.05, 3.63) is 58.7 Å². The van der Waals surface area contributed by atoms with Gasteiger partial charge in [0.05, 0.1) is 12.8 Å². The first-order valence-corrected chi connectivity index (χ1v) is 13.2. The highest BCUT2D eigenvalue weighted by Gasteiger charge is 2.56. The molecule has 5 N–H and O–H groups in total. The summed E-state index contributed by atoms with van der Waals surface area (Å²) in [5, 5.41) is 49.0. The lowest BCUT2D eigenvalue weighted by molar-refractivity contribution is -0.937. The van der Waals surface area contributed by atoms with Crippen LogP contribution in [-0.2, 0) is 30.1 Å². The zero-order chi connectivity index (χ0) is 29.5. The lowest BCUT2D eigenvalue weighted by Crippen LogP contribution is -3.23. The fourth-order valence-corrected chi connectivity index (χ4v) is 5.02. The number of aliphatic imine (C=N–C) groups is 1. The molecule has 6 atom stereocenters. The molecule has 0 radical (unpaired) electrons. The fourth-order valence-electron chi connectivity index (χ4n) is 5.02. The molecule has 0 amide bonds. The van der Waals surface area contributed by atoms with Crippen LogP contribution in [0.5, 0.6) is 0 Å². The molecule has 1 aromatic rings. The Morgan fingerprint density at radius 2 is 1.90 bits per heavy atom. The molecule has 0 spiro atoms. The summed E-state index contributed by atoms with van der Waals surface area (Å²) in [6.07, 6.45) is 3.52. The van der Waals surface area contributed by atoms with E-state index in [1.165, 1.54) is 0 Å². The van der Waals surface area contributed by atoms with Gasteiger partial charge in [0.1, 0.15) is 30.6 Å². The van der Waals surface area contributed by atoms with Crippen molar-refractivity contribution < 1.29 is 44.0 Å². The smallest absolute Gasteiger partial charge is 0.591 e. The van der Waals surface area contributed by atoms with Gasteiger partial charge >= 0.3 is 19.1 Å². The van der Waals surface area contributed by atoms with E-state index in [-0.39, 0.29) is 36.9 Å². The van der Waals surface area contributed by atoms with Gasteiger partial charge in [-0.05, 0) is 18.4 Å². The molecule has 0 saturated carbocycles. The molecule has 40 heavy (non-hydrogen) atoms. The first-order valence-electron chi connectivity index (χ1n) is 13.2. The summed E-state index contributed by atoms with van der Waals surface area (Å²) in [6, 6.07) is 8.52. The molecule has 3 rings (SSSR count). The second-order valence-corrected chi connectivity index (χ2v) is 11.1. The molecule has 0 aliphatic carbocycles. The molecule has 1 aromatic carbocycles. The zero-order valence-corrected chi connectivity index (χ0v) is 22.9. The Labute approximate surface area is 233 Å². The van der Waals surface area contributed by atoms with Gasteiger partial charge in [0, 0.05) is 31.5 Å². The molecule has 1 fully saturated rings. The van der Waals surface area contributed by atoms with Crippen molar-refractivity contribution in [2.75, 3.05) is 13.1 Å². The van der Waals surface area contributed by atoms with Crippen LogP contribution in [0.2, 0.25) is 0 Å². The second kappa shape index (κ2) is 13.4. The van der Waals surface area contributed by atoms with E-state index < -0.39 is 66.1 Å². The third kappa shape index (κ3) is 8.35. The van der Waals surface area contributed by atoms with E-state index in [0.29, 0.717) is 0 Å². The lowest BCUT2D eigenvalue weighted by Gasteiger charge is -2.43. The number of nitrogens with zero attached hydrogens (tertiary/aromatic N) is 1. The lowest BCUT2D eigenvalue weighted by atomic mass is 9.70. The van der Waals surface area contributed by atoms with Gasteiger partial charge in [0.25, 0.3) is 5.97 Å². The van der Waals surface area contributed by atoms with Crippen molar-refractivity contribution in [3.63, 3.8) is 0 Å². The van der Waals surface area contributed by atoms with E-state index in [4.69, 9.17) is 9.31 Å². The quantitative estimate of drug-likeness (QED) is 0.139. The number of aliphatic carboxylic acids is 2. The SMILES string of the molecule is CC(C)CC(B1OC(=O)CC(CC(=O)O)(C(=O)O)O1)[NH+]([O-])C[C@H](Cc1ccccc1)[NH+]([O-])CC1(C)C=NC=CN1. The number of carboxylic acid groups (broad SMARTS) is 2. The average molecular weight is 560 g/mol. The maximum absolute atomic E-state index is 13.8. The van der Waals surface area contributed by atoms with Crippen molar-refractivity contribution in [3.8, 4) is 0 Å². The van der Waals surface area contributed by atoms with Crippen LogP contribution >= 0.6 is 0 Å². The molecule has 0 bridgehead atoms. The first-order chi connectivity index (χ1) is 18.8. The van der Waals surface area contributed by atoms with Gasteiger partial charge < -0.3 is 45.4 Å². The molecule has 2 aliphatic rings. The zero-order valence-electron chi connectivity index (χ0n) is 22.9. The number of hydrogen-bond donors (Lipinski definition) is 5. The number of quaternary nitrogens is 2. The van der Waals surface area contributed by atoms with Crippen molar-refractivity contribution in [1.82, 2.24) is 5.32 Å². The highest BCUT2D eigenvalue weighted by molar-refractivity contribution is 6.49. The number of hydrogen-bond acceptors (Lipinski definition) is 9. The number of hydroxylamine groups is 4. The van der Waals surface area contributed by atoms with E-state index in [1.807, 2.05) is 51.1 Å². The number of benzene rings is 1. The number of carboxylic acids is 2. The number of rotatable bonds is 14. The van der Waals surface area contributed by atoms with Crippen LogP contribution in [-0.4, -0.2) is 77.7 Å². The number of carbonyl (C=O) groups is 3. The highest BCUT2D eigenvalue weighted by Crippen LogP contribution is 2.29. The molecule has 2 heterocycles. The molecule has 0 aromatic heterocycles. The summed E-state index contributed by atoms with van der Waals surface area (Å²) >= 11 is 0. The van der Waals surface area contributed by atoms with E-state index in [1.54, 1.807) is 18.6 Å². The minimum absolute atomic E-state index is 0.0656. The third-order valence-electron chi connectivity index (χ3n) is 7.02. The molecular weight excluding hydrogens is 523 g/mol. The van der Waals surface area contributed by atoms with Gasteiger partial charge in [-0.2, -0.15) is 0 Å². The molecule has 14 heteroatoms. The van der Waals surface area contributed by atoms with Crippen LogP contribution < -0.4 is 15.4 Å². The minimum atomic E-state index is -2.37. The number of nitrogens with one attached hydrogen (secondary N) is 3. The first kappa shape index (κ1) is 31.2. The Morgan fingerprint density at radius 3 is 2.48 bits per heavy atom. The van der Waals surface area contributed by atoms with Gasteiger partial charge in [-0.1, -0.05) is 44.2 Å². The van der Waals surface area contributed by atoms with Crippen LogP contribution in [0.3, 0.4) is 0 Å². The van der Waals surface area contributed by atoms with Crippen LogP contribution in [0.4, 0.5) is 0 Å². The summed E-state index contributed by atoms with van der Waals surface area (Å²) in [6.45, 7) is 5.36. The summed E-state index contributed by atoms with van der Waals surface area (Å²) in [4.78, 5) is 40.1. The summed E-state index contributed by atoms with van der Waals surface area (Å²) in [5.74, 6) is -5.26. The minimum Gasteiger partial charge on any atom is -0.634 e. The topological polar surface area (TPSA) is 190 Å². The Kier molecular flexibility index (Phi) is 10.4. The molecular formula is C26H37BN4O9. The molecule has 1 saturated heterocycles. The summed E-state index contributed by atoms with van der Waals surface area (Å²) < 4.78 is 10.9. The predicted molar refractivity (Wildman–Crippen MR) is 145 cm³/mol. The van der Waals surface area contributed by atoms with Crippen molar-refractivity contribution in [2.45, 2.75) is 69.6 Å². The Balaban J connectivity index is 1.87. The van der Waals surface area contributed by atoms with Crippen LogP contribution in [0.15, 0.2) is 47.7 Å². The average Bonchev–Trinajstić information content (AvgIpc) is 2.86. The van der Waals surface area contributed by atoms with Gasteiger partial charge in [0.15, 0.2) is 5.60 Å². The van der Waals surface area contributed by atoms with Crippen LogP contribution in [0.1, 0.15) is 45.6 Å². The normalized spacial score (nSPS) is 25.6. The van der Waals surface area contributed by atoms with Crippen LogP contribution in [0, 0.1) is 16.3 Å². The van der Waals surface area contributed by atoms with Crippen molar-refractivity contribution in [2.24, 2.45) is 10.9 Å². The Bertz CT molecular complexity index is 1100. The van der Waals surface area contributed by atoms with Crippen LogP contribution in [0.25, 0.3) is 0 Å². The predicted octanol–water partition coefficient (Wildman–Crippen LogP) is -1.03. The van der Waals surface area contributed by atoms with Gasteiger partial charge in [0.2, 0.25) is 0 Å². The fraction of sp³-hybridized carbons (Fsp3) is 0.538. The monoisotopic (exact) mass is 560 g/mol. The summed E-state index contributed by atoms with van der Waals surface area (Å²) in [5.41, 5.74) is -2.24. The maximum atomic E-state index is 13.8. The highest BCUT2D eigenvalue weighted by atomic mass is 16.7. The molecule has 13 nitrogen and oxygen atoms in total. The van der Waals surface area contributed by atoms with Crippen molar-refractivity contribution >= 4 is 31.2 Å². The largest absolute Gasteiger partial charge is 0.634 e. The van der Waals surface area contributed by atoms with E-state index in [2.05, 4.69) is 10.3 Å². The van der Waals surface area contributed by atoms with E-state index >= 15 is 0 Å². The van der Waals surface area contributed by atoms with Gasteiger partial charge in [-0.25, -0.2) is 4.79 Å². The third-order valence-corrected chi connectivity index (χ3v) is 7.02. The standard InChI is InChI=1S/C26H37BN4O9/c1-18(2)11-21(27-39-23(34)14-26(40-27,24(35)36)13-22(32)33)30(37)15-20(12-19-7-5-4-6-8-19)31(38)17-25(3)16-28-9-10-29-25/h4-10,16,18,20-21,29-31H,11-15,17H2,1-3H3,(H,32,33)(H,35,36)/t20-,21?,25?,26?/m0/s1. The second-order valence-electron chi connectivity index (χ2n) is 11.1. The molecule has 5 unspecified atom stereocenters. The van der Waals surface area contributed by atoms with Crippen molar-refractivity contribution in [1.29, 1.82) is 0 Å². The van der Waals surface area contributed by atoms with E-state index in [0.717, 1.165) is 5.56 Å². The Hall–Kier alpha value is -3.30. The van der Waals surface area contributed by atoms with Gasteiger partial charge in [-0.3, -0.25) is 14.6 Å².